The van der Waals surface area contributed by atoms with E-state index < -0.39 is 5.97 Å². The van der Waals surface area contributed by atoms with E-state index in [2.05, 4.69) is 15.6 Å². The first-order valence-corrected chi connectivity index (χ1v) is 8.05. The number of hydrogen-bond donors (Lipinski definition) is 1. The number of benzene rings is 1. The summed E-state index contributed by atoms with van der Waals surface area (Å²) in [5, 5.41) is 9.64. The lowest BCUT2D eigenvalue weighted by Gasteiger charge is -2.13. The van der Waals surface area contributed by atoms with Crippen molar-refractivity contribution in [1.29, 1.82) is 0 Å². The van der Waals surface area contributed by atoms with E-state index in [1.165, 1.54) is 17.3 Å². The highest BCUT2D eigenvalue weighted by molar-refractivity contribution is 7.99. The molecule has 2 aromatic rings. The number of carboxylic acid groups (broad SMARTS) is 1. The zero-order chi connectivity index (χ0) is 14.8. The summed E-state index contributed by atoms with van der Waals surface area (Å²) in [6.07, 6.45) is 2.34. The van der Waals surface area contributed by atoms with Crippen molar-refractivity contribution in [1.82, 2.24) is 9.55 Å². The van der Waals surface area contributed by atoms with E-state index in [4.69, 9.17) is 9.84 Å². The molecule has 0 spiro atoms. The maximum absolute atomic E-state index is 10.8. The Morgan fingerprint density at radius 2 is 2.43 bits per heavy atom. The molecule has 112 valence electrons. The summed E-state index contributed by atoms with van der Waals surface area (Å²) in [7, 11) is 0. The molecule has 0 amide bonds. The fourth-order valence-corrected chi connectivity index (χ4v) is 3.36. The third kappa shape index (κ3) is 3.22. The van der Waals surface area contributed by atoms with Gasteiger partial charge in [-0.15, -0.1) is 0 Å². The first-order chi connectivity index (χ1) is 10.1. The fourth-order valence-electron chi connectivity index (χ4n) is 2.62. The second-order valence-electron chi connectivity index (χ2n) is 5.31. The Labute approximate surface area is 127 Å². The number of carboxylic acids is 1. The number of imidazole rings is 1. The number of hydrogen-bond acceptors (Lipinski definition) is 4. The fraction of sp³-hybridized carbons (Fsp3) is 0.467. The van der Waals surface area contributed by atoms with Crippen molar-refractivity contribution >= 4 is 28.8 Å². The van der Waals surface area contributed by atoms with Gasteiger partial charge in [0.05, 0.1) is 29.4 Å². The molecular weight excluding hydrogens is 288 g/mol. The van der Waals surface area contributed by atoms with Gasteiger partial charge in [-0.05, 0) is 37.5 Å². The van der Waals surface area contributed by atoms with E-state index in [1.807, 2.05) is 19.1 Å². The number of fused-ring (bicyclic) bond motifs is 1. The second-order valence-corrected chi connectivity index (χ2v) is 6.26. The minimum Gasteiger partial charge on any atom is -0.481 e. The summed E-state index contributed by atoms with van der Waals surface area (Å²) in [6.45, 7) is 3.60. The molecule has 5 nitrogen and oxygen atoms in total. The molecule has 0 saturated carbocycles. The van der Waals surface area contributed by atoms with Crippen molar-refractivity contribution in [3.8, 4) is 0 Å². The predicted molar refractivity (Wildman–Crippen MR) is 81.8 cm³/mol. The van der Waals surface area contributed by atoms with Crippen molar-refractivity contribution in [3.63, 3.8) is 0 Å². The monoisotopic (exact) mass is 306 g/mol. The van der Waals surface area contributed by atoms with Crippen LogP contribution in [0.15, 0.2) is 23.4 Å². The molecular formula is C15H18N2O3S. The van der Waals surface area contributed by atoms with Gasteiger partial charge in [-0.3, -0.25) is 4.79 Å². The smallest absolute Gasteiger partial charge is 0.313 e. The summed E-state index contributed by atoms with van der Waals surface area (Å²) in [5.41, 5.74) is 3.13. The van der Waals surface area contributed by atoms with Gasteiger partial charge in [0.15, 0.2) is 5.16 Å². The van der Waals surface area contributed by atoms with Crippen LogP contribution >= 0.6 is 11.8 Å². The Bertz CT molecular complexity index is 662. The average Bonchev–Trinajstić information content (AvgIpc) is 3.06. The van der Waals surface area contributed by atoms with Crippen LogP contribution in [-0.4, -0.2) is 39.1 Å². The van der Waals surface area contributed by atoms with Gasteiger partial charge < -0.3 is 14.4 Å². The van der Waals surface area contributed by atoms with Crippen LogP contribution in [0.4, 0.5) is 0 Å². The van der Waals surface area contributed by atoms with Gasteiger partial charge >= 0.3 is 5.97 Å². The number of rotatable bonds is 5. The minimum absolute atomic E-state index is 0.0217. The van der Waals surface area contributed by atoms with Crippen LogP contribution in [-0.2, 0) is 16.1 Å². The molecule has 3 rings (SSSR count). The molecule has 6 heteroatoms. The SMILES string of the molecule is Cc1ccc2nc(SCC(=O)O)n(CC3CCCO3)c2c1. The van der Waals surface area contributed by atoms with Crippen molar-refractivity contribution in [3.05, 3.63) is 23.8 Å². The lowest BCUT2D eigenvalue weighted by Crippen LogP contribution is -2.16. The molecule has 1 saturated heterocycles. The predicted octanol–water partition coefficient (Wildman–Crippen LogP) is 2.70. The van der Waals surface area contributed by atoms with Crippen LogP contribution in [0.1, 0.15) is 18.4 Å². The zero-order valence-corrected chi connectivity index (χ0v) is 12.7. The first kappa shape index (κ1) is 14.4. The Balaban J connectivity index is 1.96. The summed E-state index contributed by atoms with van der Waals surface area (Å²) < 4.78 is 7.81. The Morgan fingerprint density at radius 1 is 1.57 bits per heavy atom. The quantitative estimate of drug-likeness (QED) is 0.860. The Morgan fingerprint density at radius 3 is 3.14 bits per heavy atom. The first-order valence-electron chi connectivity index (χ1n) is 7.06. The van der Waals surface area contributed by atoms with Crippen molar-refractivity contribution in [2.24, 2.45) is 0 Å². The van der Waals surface area contributed by atoms with E-state index in [0.29, 0.717) is 0 Å². The molecule has 1 aliphatic rings. The van der Waals surface area contributed by atoms with E-state index in [1.54, 1.807) is 0 Å². The van der Waals surface area contributed by atoms with Crippen LogP contribution < -0.4 is 0 Å². The number of nitrogens with zero attached hydrogens (tertiary/aromatic N) is 2. The summed E-state index contributed by atoms with van der Waals surface area (Å²) in [6, 6.07) is 6.11. The number of aliphatic carboxylic acids is 1. The van der Waals surface area contributed by atoms with Crippen LogP contribution in [0.3, 0.4) is 0 Å². The van der Waals surface area contributed by atoms with Crippen molar-refractivity contribution < 1.29 is 14.6 Å². The van der Waals surface area contributed by atoms with Crippen LogP contribution in [0.5, 0.6) is 0 Å². The molecule has 1 aromatic heterocycles. The molecule has 1 fully saturated rings. The lowest BCUT2D eigenvalue weighted by atomic mass is 10.2. The summed E-state index contributed by atoms with van der Waals surface area (Å²) in [5.74, 6) is -0.805. The molecule has 1 aliphatic heterocycles. The van der Waals surface area contributed by atoms with E-state index in [9.17, 15) is 4.79 Å². The third-order valence-electron chi connectivity index (χ3n) is 3.60. The number of ether oxygens (including phenoxy) is 1. The molecule has 2 heterocycles. The molecule has 0 radical (unpaired) electrons. The maximum Gasteiger partial charge on any atom is 0.313 e. The lowest BCUT2D eigenvalue weighted by molar-refractivity contribution is -0.133. The topological polar surface area (TPSA) is 64.3 Å². The standard InChI is InChI=1S/C15H18N2O3S/c1-10-4-5-12-13(7-10)17(8-11-3-2-6-20-11)15(16-12)21-9-14(18)19/h4-5,7,11H,2-3,6,8-9H2,1H3,(H,18,19). The van der Waals surface area contributed by atoms with Crippen LogP contribution in [0.25, 0.3) is 11.0 Å². The highest BCUT2D eigenvalue weighted by Crippen LogP contribution is 2.27. The minimum atomic E-state index is -0.827. The van der Waals surface area contributed by atoms with Gasteiger partial charge in [0.25, 0.3) is 0 Å². The van der Waals surface area contributed by atoms with Crippen LogP contribution in [0, 0.1) is 6.92 Å². The van der Waals surface area contributed by atoms with Crippen molar-refractivity contribution in [2.75, 3.05) is 12.4 Å². The van der Waals surface area contributed by atoms with Crippen LogP contribution in [0.2, 0.25) is 0 Å². The molecule has 1 atom stereocenters. The van der Waals surface area contributed by atoms with Crippen molar-refractivity contribution in [2.45, 2.75) is 37.6 Å². The molecule has 1 unspecified atom stereocenters. The largest absolute Gasteiger partial charge is 0.481 e. The number of aromatic nitrogens is 2. The second kappa shape index (κ2) is 6.07. The van der Waals surface area contributed by atoms with Gasteiger partial charge in [-0.1, -0.05) is 17.8 Å². The van der Waals surface area contributed by atoms with Gasteiger partial charge in [0.2, 0.25) is 0 Å². The van der Waals surface area contributed by atoms with Gasteiger partial charge in [0, 0.05) is 6.61 Å². The molecule has 1 N–H and O–H groups in total. The van der Waals surface area contributed by atoms with Gasteiger partial charge in [-0.2, -0.15) is 0 Å². The van der Waals surface area contributed by atoms with E-state index >= 15 is 0 Å². The van der Waals surface area contributed by atoms with Gasteiger partial charge in [0.1, 0.15) is 0 Å². The normalized spacial score (nSPS) is 18.4. The highest BCUT2D eigenvalue weighted by Gasteiger charge is 2.20. The number of carbonyl (C=O) groups is 1. The zero-order valence-electron chi connectivity index (χ0n) is 11.9. The summed E-state index contributed by atoms with van der Waals surface area (Å²) in [4.78, 5) is 15.4. The van der Waals surface area contributed by atoms with E-state index in [-0.39, 0.29) is 11.9 Å². The molecule has 21 heavy (non-hydrogen) atoms. The number of thioether (sulfide) groups is 1. The Hall–Kier alpha value is -1.53. The number of aryl methyl sites for hydroxylation is 1. The molecule has 0 bridgehead atoms. The third-order valence-corrected chi connectivity index (χ3v) is 4.56. The maximum atomic E-state index is 10.8. The molecule has 0 aliphatic carbocycles. The average molecular weight is 306 g/mol. The molecule has 1 aromatic carbocycles. The summed E-state index contributed by atoms with van der Waals surface area (Å²) >= 11 is 1.27. The van der Waals surface area contributed by atoms with Gasteiger partial charge in [-0.25, -0.2) is 4.98 Å². The Kier molecular flexibility index (Phi) is 4.17. The van der Waals surface area contributed by atoms with E-state index in [0.717, 1.165) is 42.2 Å². The highest BCUT2D eigenvalue weighted by atomic mass is 32.2.